The normalized spacial score (nSPS) is 25.6. The number of aliphatic hydroxyl groups excluding tert-OH is 1. The fourth-order valence-electron chi connectivity index (χ4n) is 4.84. The zero-order valence-electron chi connectivity index (χ0n) is 17.4. The molecule has 0 radical (unpaired) electrons. The van der Waals surface area contributed by atoms with Crippen molar-refractivity contribution < 1.29 is 38.3 Å². The van der Waals surface area contributed by atoms with Crippen LogP contribution in [-0.4, -0.2) is 48.5 Å². The third-order valence-electron chi connectivity index (χ3n) is 5.88. The van der Waals surface area contributed by atoms with E-state index >= 15 is 0 Å². The molecule has 0 amide bonds. The van der Waals surface area contributed by atoms with Crippen LogP contribution in [0.5, 0.6) is 5.75 Å². The van der Waals surface area contributed by atoms with Gasteiger partial charge in [-0.1, -0.05) is 56.3 Å². The fourth-order valence-corrected chi connectivity index (χ4v) is 4.84. The van der Waals surface area contributed by atoms with Crippen molar-refractivity contribution in [3.8, 4) is 16.9 Å². The molecule has 1 N–H and O–H groups in total. The van der Waals surface area contributed by atoms with E-state index in [2.05, 4.69) is 45.0 Å². The van der Waals surface area contributed by atoms with Gasteiger partial charge in [-0.25, -0.2) is 0 Å². The Balaban J connectivity index is 0.00000280. The Morgan fingerprint density at radius 2 is 1.54 bits per heavy atom. The Morgan fingerprint density at radius 1 is 0.964 bits per heavy atom. The van der Waals surface area contributed by atoms with Crippen LogP contribution in [0.4, 0.5) is 0 Å². The molecule has 0 saturated carbocycles. The summed E-state index contributed by atoms with van der Waals surface area (Å²) >= 11 is 0. The van der Waals surface area contributed by atoms with Crippen LogP contribution in [0, 0.1) is 11.8 Å². The van der Waals surface area contributed by atoms with Gasteiger partial charge < -0.3 is 38.3 Å². The van der Waals surface area contributed by atoms with Crippen molar-refractivity contribution in [2.45, 2.75) is 33.3 Å². The van der Waals surface area contributed by atoms with Crippen molar-refractivity contribution in [3.63, 3.8) is 0 Å². The molecule has 2 aromatic rings. The summed E-state index contributed by atoms with van der Waals surface area (Å²) in [5.41, 5.74) is 2.38. The summed E-state index contributed by atoms with van der Waals surface area (Å²) in [4.78, 5) is 0. The predicted octanol–water partition coefficient (Wildman–Crippen LogP) is 1.61. The van der Waals surface area contributed by atoms with Gasteiger partial charge in [0.1, 0.15) is 25.0 Å². The first kappa shape index (κ1) is 23.2. The second kappa shape index (κ2) is 10.6. The van der Waals surface area contributed by atoms with E-state index in [4.69, 9.17) is 4.74 Å². The lowest BCUT2D eigenvalue weighted by atomic mass is 9.89. The highest BCUT2D eigenvalue weighted by molar-refractivity contribution is 5.63. The first-order chi connectivity index (χ1) is 13.0. The van der Waals surface area contributed by atoms with Crippen molar-refractivity contribution in [2.24, 2.45) is 11.8 Å². The van der Waals surface area contributed by atoms with Gasteiger partial charge in [0.2, 0.25) is 0 Å². The molecule has 0 spiro atoms. The molecule has 1 saturated heterocycles. The molecule has 2 aromatic carbocycles. The summed E-state index contributed by atoms with van der Waals surface area (Å²) in [5.74, 6) is 2.27. The molecule has 154 valence electrons. The minimum atomic E-state index is -0.434. The number of aliphatic hydroxyl groups is 1. The number of nitrogens with zero attached hydrogens (tertiary/aromatic N) is 1. The zero-order valence-corrected chi connectivity index (χ0v) is 19.5. The first-order valence-electron chi connectivity index (χ1n) is 10.3. The Kier molecular flexibility index (Phi) is 8.78. The van der Waals surface area contributed by atoms with Crippen LogP contribution in [0.25, 0.3) is 11.1 Å². The topological polar surface area (TPSA) is 29.5 Å². The van der Waals surface area contributed by atoms with Crippen LogP contribution in [0.1, 0.15) is 27.2 Å². The van der Waals surface area contributed by atoms with E-state index in [0.29, 0.717) is 6.61 Å². The Bertz CT molecular complexity index is 694. The van der Waals surface area contributed by atoms with Crippen LogP contribution < -0.4 is 28.7 Å². The van der Waals surface area contributed by atoms with Gasteiger partial charge in [-0.15, -0.1) is 0 Å². The lowest BCUT2D eigenvalue weighted by Gasteiger charge is -2.46. The summed E-state index contributed by atoms with van der Waals surface area (Å²) in [5, 5.41) is 10.6. The number of hydrogen-bond donors (Lipinski definition) is 1. The maximum atomic E-state index is 10.6. The van der Waals surface area contributed by atoms with E-state index in [0.717, 1.165) is 35.2 Å². The molecule has 1 fully saturated rings. The number of likely N-dealkylation sites (N-methyl/N-ethyl adjacent to an activating group) is 1. The van der Waals surface area contributed by atoms with E-state index in [1.165, 1.54) is 30.6 Å². The maximum Gasteiger partial charge on any atom is 0.137 e. The number of quaternary nitrogens is 1. The van der Waals surface area contributed by atoms with E-state index in [9.17, 15) is 5.11 Å². The van der Waals surface area contributed by atoms with Crippen molar-refractivity contribution in [1.29, 1.82) is 0 Å². The second-order valence-electron chi connectivity index (χ2n) is 8.51. The first-order valence-corrected chi connectivity index (χ1v) is 10.3. The molecular weight excluding hydrogens is 461 g/mol. The summed E-state index contributed by atoms with van der Waals surface area (Å²) in [6.45, 7) is 11.5. The summed E-state index contributed by atoms with van der Waals surface area (Å²) < 4.78 is 6.90. The molecule has 28 heavy (non-hydrogen) atoms. The van der Waals surface area contributed by atoms with E-state index < -0.39 is 6.10 Å². The molecule has 3 unspecified atom stereocenters. The molecule has 4 heteroatoms. The van der Waals surface area contributed by atoms with Crippen LogP contribution in [0.15, 0.2) is 54.6 Å². The quantitative estimate of drug-likeness (QED) is 0.468. The molecule has 3 rings (SSSR count). The summed E-state index contributed by atoms with van der Waals surface area (Å²) in [6.07, 6.45) is 0.872. The average molecular weight is 495 g/mol. The average Bonchev–Trinajstić information content (AvgIpc) is 2.66. The van der Waals surface area contributed by atoms with Gasteiger partial charge in [0, 0.05) is 11.8 Å². The van der Waals surface area contributed by atoms with Gasteiger partial charge in [-0.3, -0.25) is 0 Å². The number of hydrogen-bond acceptors (Lipinski definition) is 2. The highest BCUT2D eigenvalue weighted by atomic mass is 127. The number of ether oxygens (including phenoxy) is 1. The Hall–Kier alpha value is -1.11. The molecule has 1 aliphatic heterocycles. The van der Waals surface area contributed by atoms with Crippen molar-refractivity contribution >= 4 is 0 Å². The minimum absolute atomic E-state index is 0. The number of rotatable bonds is 7. The summed E-state index contributed by atoms with van der Waals surface area (Å²) in [6, 6.07) is 18.5. The van der Waals surface area contributed by atoms with Gasteiger partial charge in [0.05, 0.1) is 19.6 Å². The Labute approximate surface area is 187 Å². The number of piperidine rings is 1. The lowest BCUT2D eigenvalue weighted by Crippen LogP contribution is -3.00. The molecule has 3 nitrogen and oxygen atoms in total. The third-order valence-corrected chi connectivity index (χ3v) is 5.88. The standard InChI is InChI=1S/C24H34NO2.HI/c1-4-25(15-19(2)14-20(3)16-25)17-23(26)18-27-24-12-10-22(11-13-24)21-8-6-5-7-9-21;/h5-13,19-20,23,26H,4,14-18H2,1-3H3;1H/q+1;/p-1. The monoisotopic (exact) mass is 495 g/mol. The number of benzene rings is 2. The maximum absolute atomic E-state index is 10.6. The molecule has 1 aliphatic rings. The van der Waals surface area contributed by atoms with Crippen molar-refractivity contribution in [3.05, 3.63) is 54.6 Å². The van der Waals surface area contributed by atoms with Gasteiger partial charge in [0.15, 0.2) is 0 Å². The molecule has 0 aliphatic carbocycles. The lowest BCUT2D eigenvalue weighted by molar-refractivity contribution is -0.940. The van der Waals surface area contributed by atoms with Crippen molar-refractivity contribution in [1.82, 2.24) is 0 Å². The molecule has 1 heterocycles. The molecule has 0 aromatic heterocycles. The zero-order chi connectivity index (χ0) is 19.3. The van der Waals surface area contributed by atoms with E-state index in [-0.39, 0.29) is 24.0 Å². The smallest absolute Gasteiger partial charge is 0.137 e. The molecular formula is C24H34INO2. The highest BCUT2D eigenvalue weighted by Crippen LogP contribution is 2.28. The Morgan fingerprint density at radius 3 is 2.11 bits per heavy atom. The summed E-state index contributed by atoms with van der Waals surface area (Å²) in [7, 11) is 0. The molecule has 3 atom stereocenters. The van der Waals surface area contributed by atoms with Gasteiger partial charge in [-0.2, -0.15) is 0 Å². The molecule has 0 bridgehead atoms. The van der Waals surface area contributed by atoms with Gasteiger partial charge >= 0.3 is 0 Å². The van der Waals surface area contributed by atoms with Crippen molar-refractivity contribution in [2.75, 3.05) is 32.8 Å². The fraction of sp³-hybridized carbons (Fsp3) is 0.500. The third kappa shape index (κ3) is 6.19. The van der Waals surface area contributed by atoms with Crippen LogP contribution in [0.3, 0.4) is 0 Å². The minimum Gasteiger partial charge on any atom is -1.00 e. The number of halogens is 1. The van der Waals surface area contributed by atoms with Crippen LogP contribution in [-0.2, 0) is 0 Å². The van der Waals surface area contributed by atoms with Crippen LogP contribution >= 0.6 is 0 Å². The van der Waals surface area contributed by atoms with E-state index in [1.54, 1.807) is 0 Å². The predicted molar refractivity (Wildman–Crippen MR) is 112 cm³/mol. The van der Waals surface area contributed by atoms with Crippen LogP contribution in [0.2, 0.25) is 0 Å². The van der Waals surface area contributed by atoms with Gasteiger partial charge in [0.25, 0.3) is 0 Å². The second-order valence-corrected chi connectivity index (χ2v) is 8.51. The SMILES string of the molecule is CC[N+]1(CC(O)COc2ccc(-c3ccccc3)cc2)CC(C)CC(C)C1.[I-]. The number of likely N-dealkylation sites (tertiary alicyclic amines) is 1. The largest absolute Gasteiger partial charge is 1.00 e. The van der Waals surface area contributed by atoms with Gasteiger partial charge in [-0.05, 0) is 36.6 Å². The van der Waals surface area contributed by atoms with E-state index in [1.807, 2.05) is 30.3 Å². The highest BCUT2D eigenvalue weighted by Gasteiger charge is 2.37.